The zero-order valence-electron chi connectivity index (χ0n) is 16.5. The second kappa shape index (κ2) is 8.14. The molecule has 0 saturated carbocycles. The number of benzene rings is 1. The van der Waals surface area contributed by atoms with E-state index < -0.39 is 17.8 Å². The number of nitrogens with zero attached hydrogens (tertiary/aromatic N) is 5. The maximum atomic E-state index is 12.8. The molecular formula is C19H23F3N6O. The van der Waals surface area contributed by atoms with Crippen LogP contribution in [0.1, 0.15) is 11.4 Å². The lowest BCUT2D eigenvalue weighted by Gasteiger charge is -2.35. The normalized spacial score (nSPS) is 14.7. The topological polar surface area (TPSA) is 64.6 Å². The van der Waals surface area contributed by atoms with Gasteiger partial charge in [-0.25, -0.2) is 14.8 Å². The third kappa shape index (κ3) is 5.07. The lowest BCUT2D eigenvalue weighted by Crippen LogP contribution is -2.50. The molecule has 0 aliphatic carbocycles. The maximum Gasteiger partial charge on any atom is 0.416 e. The molecule has 1 saturated heterocycles. The van der Waals surface area contributed by atoms with Gasteiger partial charge >= 0.3 is 12.2 Å². The summed E-state index contributed by atoms with van der Waals surface area (Å²) in [5, 5.41) is 2.55. The van der Waals surface area contributed by atoms with E-state index in [4.69, 9.17) is 0 Å². The van der Waals surface area contributed by atoms with E-state index in [1.165, 1.54) is 12.1 Å². The fraction of sp³-hybridized carbons (Fsp3) is 0.421. The van der Waals surface area contributed by atoms with E-state index in [-0.39, 0.29) is 5.69 Å². The molecule has 2 aromatic rings. The molecule has 0 unspecified atom stereocenters. The molecule has 1 aromatic carbocycles. The summed E-state index contributed by atoms with van der Waals surface area (Å²) in [4.78, 5) is 26.8. The number of hydrogen-bond donors (Lipinski definition) is 1. The summed E-state index contributed by atoms with van der Waals surface area (Å²) in [7, 11) is 3.81. The molecular weight excluding hydrogens is 385 g/mol. The second-order valence-electron chi connectivity index (χ2n) is 7.01. The van der Waals surface area contributed by atoms with Gasteiger partial charge in [0, 0.05) is 52.0 Å². The van der Waals surface area contributed by atoms with Gasteiger partial charge in [0.25, 0.3) is 0 Å². The highest BCUT2D eigenvalue weighted by Crippen LogP contribution is 2.30. The van der Waals surface area contributed by atoms with Crippen LogP contribution >= 0.6 is 0 Å². The van der Waals surface area contributed by atoms with Crippen LogP contribution in [0.5, 0.6) is 0 Å². The van der Waals surface area contributed by atoms with E-state index in [2.05, 4.69) is 20.2 Å². The van der Waals surface area contributed by atoms with Gasteiger partial charge in [-0.2, -0.15) is 13.2 Å². The summed E-state index contributed by atoms with van der Waals surface area (Å²) in [6.07, 6.45) is -4.45. The molecule has 2 amide bonds. The quantitative estimate of drug-likeness (QED) is 0.845. The Labute approximate surface area is 167 Å². The number of aromatic nitrogens is 2. The van der Waals surface area contributed by atoms with E-state index >= 15 is 0 Å². The van der Waals surface area contributed by atoms with Crippen molar-refractivity contribution in [2.45, 2.75) is 13.1 Å². The Morgan fingerprint density at radius 2 is 1.79 bits per heavy atom. The van der Waals surface area contributed by atoms with Gasteiger partial charge in [-0.15, -0.1) is 0 Å². The number of alkyl halides is 3. The summed E-state index contributed by atoms with van der Waals surface area (Å²) in [5.41, 5.74) is -0.676. The van der Waals surface area contributed by atoms with Crippen LogP contribution in [-0.4, -0.2) is 61.2 Å². The molecule has 1 aliphatic heterocycles. The van der Waals surface area contributed by atoms with Crippen molar-refractivity contribution in [2.75, 3.05) is 55.4 Å². The lowest BCUT2D eigenvalue weighted by molar-refractivity contribution is -0.137. The van der Waals surface area contributed by atoms with Crippen molar-refractivity contribution in [1.29, 1.82) is 0 Å². The van der Waals surface area contributed by atoms with Crippen molar-refractivity contribution in [3.05, 3.63) is 41.7 Å². The van der Waals surface area contributed by atoms with Gasteiger partial charge < -0.3 is 20.0 Å². The smallest absolute Gasteiger partial charge is 0.363 e. The number of halogens is 3. The average molecular weight is 408 g/mol. The van der Waals surface area contributed by atoms with Crippen LogP contribution in [0.15, 0.2) is 30.3 Å². The molecule has 1 aromatic heterocycles. The highest BCUT2D eigenvalue weighted by Gasteiger charge is 2.30. The summed E-state index contributed by atoms with van der Waals surface area (Å²) in [5.74, 6) is 2.26. The molecule has 29 heavy (non-hydrogen) atoms. The summed E-state index contributed by atoms with van der Waals surface area (Å²) in [6, 6.07) is 6.09. The third-order valence-corrected chi connectivity index (χ3v) is 4.60. The van der Waals surface area contributed by atoms with E-state index in [9.17, 15) is 18.0 Å². The Morgan fingerprint density at radius 3 is 2.41 bits per heavy atom. The molecule has 7 nitrogen and oxygen atoms in total. The summed E-state index contributed by atoms with van der Waals surface area (Å²) in [6.45, 7) is 3.84. The van der Waals surface area contributed by atoms with Crippen LogP contribution in [0, 0.1) is 6.92 Å². The number of hydrogen-bond acceptors (Lipinski definition) is 5. The fourth-order valence-corrected chi connectivity index (χ4v) is 3.04. The fourth-order valence-electron chi connectivity index (χ4n) is 3.04. The SMILES string of the molecule is Cc1nc(N(C)C)cc(N2CCN(C(=O)Nc3cccc(C(F)(F)F)c3)CC2)n1. The highest BCUT2D eigenvalue weighted by molar-refractivity contribution is 5.89. The van der Waals surface area contributed by atoms with E-state index in [1.54, 1.807) is 4.90 Å². The Kier molecular flexibility index (Phi) is 5.81. The van der Waals surface area contributed by atoms with Crippen molar-refractivity contribution in [2.24, 2.45) is 0 Å². The van der Waals surface area contributed by atoms with Gasteiger partial charge in [-0.3, -0.25) is 0 Å². The Hall–Kier alpha value is -3.04. The highest BCUT2D eigenvalue weighted by atomic mass is 19.4. The molecule has 0 radical (unpaired) electrons. The first-order chi connectivity index (χ1) is 13.6. The van der Waals surface area contributed by atoms with Gasteiger partial charge in [0.2, 0.25) is 0 Å². The summed E-state index contributed by atoms with van der Waals surface area (Å²) < 4.78 is 38.5. The largest absolute Gasteiger partial charge is 0.416 e. The van der Waals surface area contributed by atoms with Crippen molar-refractivity contribution in [3.8, 4) is 0 Å². The molecule has 1 fully saturated rings. The second-order valence-corrected chi connectivity index (χ2v) is 7.01. The van der Waals surface area contributed by atoms with Crippen molar-refractivity contribution in [3.63, 3.8) is 0 Å². The van der Waals surface area contributed by atoms with Gasteiger partial charge in [0.15, 0.2) is 0 Å². The van der Waals surface area contributed by atoms with Crippen LogP contribution in [0.3, 0.4) is 0 Å². The molecule has 0 atom stereocenters. The number of carbonyl (C=O) groups is 1. The predicted octanol–water partition coefficient (Wildman–Crippen LogP) is 3.22. The number of nitrogens with one attached hydrogen (secondary N) is 1. The maximum absolute atomic E-state index is 12.8. The van der Waals surface area contributed by atoms with Crippen LogP contribution in [0.25, 0.3) is 0 Å². The average Bonchev–Trinajstić information content (AvgIpc) is 2.67. The number of carbonyl (C=O) groups excluding carboxylic acids is 1. The molecule has 10 heteroatoms. The van der Waals surface area contributed by atoms with Crippen LogP contribution in [0.2, 0.25) is 0 Å². The van der Waals surface area contributed by atoms with Crippen LogP contribution < -0.4 is 15.1 Å². The standard InChI is InChI=1S/C19H23F3N6O/c1-13-23-16(26(2)3)12-17(24-13)27-7-9-28(10-8-27)18(29)25-15-6-4-5-14(11-15)19(20,21)22/h4-6,11-12H,7-10H2,1-3H3,(H,25,29). The minimum atomic E-state index is -4.45. The lowest BCUT2D eigenvalue weighted by atomic mass is 10.2. The van der Waals surface area contributed by atoms with E-state index in [0.29, 0.717) is 32.0 Å². The molecule has 0 spiro atoms. The van der Waals surface area contributed by atoms with Gasteiger partial charge in [0.05, 0.1) is 5.56 Å². The first kappa shape index (κ1) is 20.7. The number of urea groups is 1. The van der Waals surface area contributed by atoms with Crippen molar-refractivity contribution < 1.29 is 18.0 Å². The van der Waals surface area contributed by atoms with Gasteiger partial charge in [-0.05, 0) is 25.1 Å². The number of piperazine rings is 1. The zero-order valence-corrected chi connectivity index (χ0v) is 16.5. The molecule has 156 valence electrons. The Balaban J connectivity index is 1.62. The Morgan fingerprint density at radius 1 is 1.10 bits per heavy atom. The Bertz CT molecular complexity index is 878. The summed E-state index contributed by atoms with van der Waals surface area (Å²) >= 11 is 0. The van der Waals surface area contributed by atoms with Gasteiger partial charge in [0.1, 0.15) is 17.5 Å². The molecule has 1 aliphatic rings. The van der Waals surface area contributed by atoms with Crippen molar-refractivity contribution >= 4 is 23.4 Å². The zero-order chi connectivity index (χ0) is 21.2. The van der Waals surface area contributed by atoms with E-state index in [0.717, 1.165) is 23.8 Å². The molecule has 1 N–H and O–H groups in total. The number of rotatable bonds is 3. The third-order valence-electron chi connectivity index (χ3n) is 4.60. The van der Waals surface area contributed by atoms with E-state index in [1.807, 2.05) is 32.0 Å². The predicted molar refractivity (Wildman–Crippen MR) is 105 cm³/mol. The minimum Gasteiger partial charge on any atom is -0.363 e. The van der Waals surface area contributed by atoms with Crippen LogP contribution in [-0.2, 0) is 6.18 Å². The molecule has 3 rings (SSSR count). The minimum absolute atomic E-state index is 0.120. The first-order valence-corrected chi connectivity index (χ1v) is 9.14. The van der Waals surface area contributed by atoms with Crippen molar-refractivity contribution in [1.82, 2.24) is 14.9 Å². The number of aryl methyl sites for hydroxylation is 1. The molecule has 2 heterocycles. The monoisotopic (exact) mass is 408 g/mol. The number of anilines is 3. The first-order valence-electron chi connectivity index (χ1n) is 9.14. The van der Waals surface area contributed by atoms with Gasteiger partial charge in [-0.1, -0.05) is 6.07 Å². The molecule has 0 bridgehead atoms. The van der Waals surface area contributed by atoms with Crippen LogP contribution in [0.4, 0.5) is 35.3 Å². The number of amides is 2.